The molecule has 1 unspecified atom stereocenters. The number of hydroxylamine groups is 2. The first-order valence-corrected chi connectivity index (χ1v) is 9.30. The first-order valence-electron chi connectivity index (χ1n) is 9.30. The van der Waals surface area contributed by atoms with Gasteiger partial charge in [0, 0.05) is 12.5 Å². The van der Waals surface area contributed by atoms with E-state index in [0.717, 1.165) is 5.56 Å². The van der Waals surface area contributed by atoms with Crippen LogP contribution in [0.1, 0.15) is 46.1 Å². The SMILES string of the molecule is CNC(=O)C(NC(=O)N(O)C(=O)[C@@H](O)CCC(C)C)C(C)(C)c1ccccc1. The summed E-state index contributed by atoms with van der Waals surface area (Å²) < 4.78 is 0. The molecule has 8 heteroatoms. The van der Waals surface area contributed by atoms with E-state index in [2.05, 4.69) is 10.6 Å². The van der Waals surface area contributed by atoms with Gasteiger partial charge in [-0.3, -0.25) is 14.8 Å². The normalized spacial score (nSPS) is 13.6. The van der Waals surface area contributed by atoms with Crippen LogP contribution in [0, 0.1) is 5.92 Å². The van der Waals surface area contributed by atoms with Crippen molar-refractivity contribution in [3.8, 4) is 0 Å². The molecule has 0 aliphatic heterocycles. The number of nitrogens with zero attached hydrogens (tertiary/aromatic N) is 1. The maximum absolute atomic E-state index is 12.4. The van der Waals surface area contributed by atoms with Gasteiger partial charge >= 0.3 is 6.03 Å². The third-order valence-electron chi connectivity index (χ3n) is 4.72. The van der Waals surface area contributed by atoms with Crippen LogP contribution in [0.15, 0.2) is 30.3 Å². The average Bonchev–Trinajstić information content (AvgIpc) is 2.68. The zero-order valence-corrected chi connectivity index (χ0v) is 17.1. The van der Waals surface area contributed by atoms with Crippen LogP contribution < -0.4 is 10.6 Å². The van der Waals surface area contributed by atoms with Crippen molar-refractivity contribution in [2.24, 2.45) is 5.92 Å². The number of imide groups is 1. The van der Waals surface area contributed by atoms with E-state index in [1.165, 1.54) is 7.05 Å². The van der Waals surface area contributed by atoms with Crippen LogP contribution in [0.4, 0.5) is 4.79 Å². The highest BCUT2D eigenvalue weighted by Crippen LogP contribution is 2.27. The Bertz CT molecular complexity index is 676. The Morgan fingerprint density at radius 2 is 1.68 bits per heavy atom. The van der Waals surface area contributed by atoms with Crippen molar-refractivity contribution in [2.45, 2.75) is 58.1 Å². The van der Waals surface area contributed by atoms with Crippen molar-refractivity contribution >= 4 is 17.8 Å². The molecule has 0 aromatic heterocycles. The van der Waals surface area contributed by atoms with Gasteiger partial charge in [-0.15, -0.1) is 5.06 Å². The molecule has 0 aliphatic rings. The van der Waals surface area contributed by atoms with Gasteiger partial charge in [-0.05, 0) is 24.3 Å². The van der Waals surface area contributed by atoms with Crippen LogP contribution in [0.2, 0.25) is 0 Å². The van der Waals surface area contributed by atoms with Crippen LogP contribution >= 0.6 is 0 Å². The summed E-state index contributed by atoms with van der Waals surface area (Å²) >= 11 is 0. The van der Waals surface area contributed by atoms with Crippen molar-refractivity contribution in [1.29, 1.82) is 0 Å². The first kappa shape index (κ1) is 23.6. The molecule has 0 spiro atoms. The number of amides is 4. The monoisotopic (exact) mass is 393 g/mol. The summed E-state index contributed by atoms with van der Waals surface area (Å²) in [5.74, 6) is -1.36. The van der Waals surface area contributed by atoms with Crippen LogP contribution in [0.5, 0.6) is 0 Å². The van der Waals surface area contributed by atoms with E-state index in [1.54, 1.807) is 13.8 Å². The number of hydrogen-bond acceptors (Lipinski definition) is 5. The third kappa shape index (κ3) is 6.03. The minimum atomic E-state index is -1.50. The molecule has 1 aromatic rings. The molecule has 0 fully saturated rings. The number of aliphatic hydroxyl groups is 1. The van der Waals surface area contributed by atoms with Crippen molar-refractivity contribution in [3.05, 3.63) is 35.9 Å². The zero-order chi connectivity index (χ0) is 21.5. The molecule has 0 bridgehead atoms. The molecule has 0 radical (unpaired) electrons. The van der Waals surface area contributed by atoms with E-state index in [-0.39, 0.29) is 17.4 Å². The Kier molecular flexibility index (Phi) is 8.59. The van der Waals surface area contributed by atoms with E-state index in [1.807, 2.05) is 44.2 Å². The fraction of sp³-hybridized carbons (Fsp3) is 0.550. The zero-order valence-electron chi connectivity index (χ0n) is 17.1. The number of hydrogen-bond donors (Lipinski definition) is 4. The second-order valence-corrected chi connectivity index (χ2v) is 7.72. The van der Waals surface area contributed by atoms with Crippen LogP contribution in [0.25, 0.3) is 0 Å². The molecule has 8 nitrogen and oxygen atoms in total. The van der Waals surface area contributed by atoms with Gasteiger partial charge in [0.05, 0.1) is 0 Å². The van der Waals surface area contributed by atoms with Crippen LogP contribution in [0.3, 0.4) is 0 Å². The lowest BCUT2D eigenvalue weighted by Gasteiger charge is -2.34. The molecule has 4 amide bonds. The number of carbonyl (C=O) groups excluding carboxylic acids is 3. The van der Waals surface area contributed by atoms with E-state index in [9.17, 15) is 24.7 Å². The maximum atomic E-state index is 12.4. The summed E-state index contributed by atoms with van der Waals surface area (Å²) in [5, 5.41) is 24.6. The van der Waals surface area contributed by atoms with Gasteiger partial charge < -0.3 is 15.7 Å². The van der Waals surface area contributed by atoms with Gasteiger partial charge in [0.2, 0.25) is 5.91 Å². The second kappa shape index (κ2) is 10.2. The number of nitrogens with one attached hydrogen (secondary N) is 2. The fourth-order valence-corrected chi connectivity index (χ4v) is 2.79. The van der Waals surface area contributed by atoms with E-state index < -0.39 is 35.4 Å². The molecular formula is C20H31N3O5. The lowest BCUT2D eigenvalue weighted by Crippen LogP contribution is -2.59. The standard InChI is InChI=1S/C20H31N3O5/c1-13(2)11-12-15(24)18(26)23(28)19(27)22-16(17(25)21-5)20(3,4)14-9-7-6-8-10-14/h6-10,13,15-16,24,28H,11-12H2,1-5H3,(H,21,25)(H,22,27)/t15-,16?/m0/s1. The average molecular weight is 393 g/mol. The van der Waals surface area contributed by atoms with Gasteiger partial charge in [0.15, 0.2) is 0 Å². The smallest absolute Gasteiger partial charge is 0.349 e. The molecule has 1 aromatic carbocycles. The fourth-order valence-electron chi connectivity index (χ4n) is 2.79. The molecule has 0 saturated heterocycles. The number of aliphatic hydroxyl groups excluding tert-OH is 1. The van der Waals surface area contributed by atoms with Gasteiger partial charge in [0.25, 0.3) is 5.91 Å². The lowest BCUT2D eigenvalue weighted by atomic mass is 9.77. The number of rotatable bonds is 8. The Hall–Kier alpha value is -2.45. The third-order valence-corrected chi connectivity index (χ3v) is 4.72. The predicted octanol–water partition coefficient (Wildman–Crippen LogP) is 1.80. The summed E-state index contributed by atoms with van der Waals surface area (Å²) in [5.41, 5.74) is -0.0476. The van der Waals surface area contributed by atoms with Crippen molar-refractivity contribution in [1.82, 2.24) is 15.7 Å². The quantitative estimate of drug-likeness (QED) is 0.397. The van der Waals surface area contributed by atoms with Gasteiger partial charge in [-0.25, -0.2) is 4.79 Å². The Balaban J connectivity index is 2.96. The van der Waals surface area contributed by atoms with Crippen molar-refractivity contribution < 1.29 is 24.7 Å². The summed E-state index contributed by atoms with van der Waals surface area (Å²) in [6, 6.07) is 6.85. The van der Waals surface area contributed by atoms with Gasteiger partial charge in [0.1, 0.15) is 12.1 Å². The largest absolute Gasteiger partial charge is 0.383 e. The van der Waals surface area contributed by atoms with Gasteiger partial charge in [-0.1, -0.05) is 58.0 Å². The summed E-state index contributed by atoms with van der Waals surface area (Å²) in [6.45, 7) is 7.40. The van der Waals surface area contributed by atoms with Crippen LogP contribution in [-0.4, -0.2) is 52.4 Å². The summed E-state index contributed by atoms with van der Waals surface area (Å²) in [4.78, 5) is 36.9. The number of carbonyl (C=O) groups is 3. The number of benzene rings is 1. The van der Waals surface area contributed by atoms with Gasteiger partial charge in [-0.2, -0.15) is 0 Å². The molecule has 0 saturated carbocycles. The maximum Gasteiger partial charge on any atom is 0.349 e. The van der Waals surface area contributed by atoms with E-state index >= 15 is 0 Å². The molecule has 0 aliphatic carbocycles. The van der Waals surface area contributed by atoms with Crippen LogP contribution in [-0.2, 0) is 15.0 Å². The molecule has 1 rings (SSSR count). The Morgan fingerprint density at radius 3 is 2.18 bits per heavy atom. The second-order valence-electron chi connectivity index (χ2n) is 7.72. The molecule has 2 atom stereocenters. The van der Waals surface area contributed by atoms with E-state index in [0.29, 0.717) is 6.42 Å². The molecule has 0 heterocycles. The molecule has 4 N–H and O–H groups in total. The topological polar surface area (TPSA) is 119 Å². The highest BCUT2D eigenvalue weighted by molar-refractivity contribution is 5.97. The van der Waals surface area contributed by atoms with Crippen molar-refractivity contribution in [2.75, 3.05) is 7.05 Å². The lowest BCUT2D eigenvalue weighted by molar-refractivity contribution is -0.163. The Labute approximate surface area is 165 Å². The first-order chi connectivity index (χ1) is 13.0. The highest BCUT2D eigenvalue weighted by atomic mass is 16.5. The predicted molar refractivity (Wildman–Crippen MR) is 105 cm³/mol. The van der Waals surface area contributed by atoms with Crippen molar-refractivity contribution in [3.63, 3.8) is 0 Å². The highest BCUT2D eigenvalue weighted by Gasteiger charge is 2.39. The number of urea groups is 1. The number of likely N-dealkylation sites (N-methyl/N-ethyl adjacent to an activating group) is 1. The molecular weight excluding hydrogens is 362 g/mol. The molecule has 28 heavy (non-hydrogen) atoms. The summed E-state index contributed by atoms with van der Waals surface area (Å²) in [6.07, 6.45) is -0.821. The van der Waals surface area contributed by atoms with E-state index in [4.69, 9.17) is 0 Å². The minimum Gasteiger partial charge on any atom is -0.383 e. The summed E-state index contributed by atoms with van der Waals surface area (Å²) in [7, 11) is 1.43. The molecule has 156 valence electrons. The minimum absolute atomic E-state index is 0.120. The Morgan fingerprint density at radius 1 is 1.11 bits per heavy atom.